The number of rotatable bonds is 7. The Balaban J connectivity index is 2.25. The van der Waals surface area contributed by atoms with Gasteiger partial charge in [0.2, 0.25) is 0 Å². The molecule has 0 aliphatic carbocycles. The Kier molecular flexibility index (Phi) is 6.26. The molecule has 0 saturated heterocycles. The highest BCUT2D eigenvalue weighted by Gasteiger charge is 2.21. The molecule has 1 heterocycles. The number of hydrogen-bond donors (Lipinski definition) is 0. The summed E-state index contributed by atoms with van der Waals surface area (Å²) in [6.07, 6.45) is 0.830. The van der Waals surface area contributed by atoms with E-state index >= 15 is 0 Å². The van der Waals surface area contributed by atoms with E-state index in [-0.39, 0.29) is 11.9 Å². The van der Waals surface area contributed by atoms with Crippen molar-refractivity contribution in [2.75, 3.05) is 19.1 Å². The molecule has 2 rings (SSSR count). The lowest BCUT2D eigenvalue weighted by molar-refractivity contribution is 0.177. The second-order valence-electron chi connectivity index (χ2n) is 6.47. The molecular weight excluding hydrogens is 305 g/mol. The quantitative estimate of drug-likeness (QED) is 0.774. The summed E-state index contributed by atoms with van der Waals surface area (Å²) < 4.78 is 18.3. The van der Waals surface area contributed by atoms with Crippen LogP contribution in [-0.2, 0) is 17.8 Å². The van der Waals surface area contributed by atoms with Crippen LogP contribution in [0, 0.1) is 18.7 Å². The van der Waals surface area contributed by atoms with Crippen molar-refractivity contribution in [3.8, 4) is 0 Å². The van der Waals surface area contributed by atoms with Crippen molar-refractivity contribution >= 4 is 5.82 Å². The van der Waals surface area contributed by atoms with E-state index in [1.165, 1.54) is 12.1 Å². The number of halogens is 1. The molecule has 0 aliphatic rings. The maximum absolute atomic E-state index is 13.1. The summed E-state index contributed by atoms with van der Waals surface area (Å²) in [7, 11) is 3.69. The molecule has 130 valence electrons. The van der Waals surface area contributed by atoms with Gasteiger partial charge in [-0.25, -0.2) is 14.4 Å². The molecule has 24 heavy (non-hydrogen) atoms. The van der Waals surface area contributed by atoms with Crippen LogP contribution in [0.15, 0.2) is 30.3 Å². The molecule has 0 aliphatic heterocycles. The standard InChI is InChI=1S/C19H26FN3O/c1-13(2)17(11-15-6-8-16(20)9-7-15)23(4)19-10-14(3)21-18(22-19)12-24-5/h6-10,13,17H,11-12H2,1-5H3/t17-/m0/s1. The molecule has 0 bridgehead atoms. The van der Waals surface area contributed by atoms with Gasteiger partial charge in [-0.2, -0.15) is 0 Å². The fraction of sp³-hybridized carbons (Fsp3) is 0.474. The van der Waals surface area contributed by atoms with Gasteiger partial charge in [0.15, 0.2) is 5.82 Å². The summed E-state index contributed by atoms with van der Waals surface area (Å²) in [6.45, 7) is 6.74. The van der Waals surface area contributed by atoms with Crippen LogP contribution in [-0.4, -0.2) is 30.2 Å². The molecular formula is C19H26FN3O. The summed E-state index contributed by atoms with van der Waals surface area (Å²) in [5, 5.41) is 0. The first-order valence-electron chi connectivity index (χ1n) is 8.21. The summed E-state index contributed by atoms with van der Waals surface area (Å²) in [5.41, 5.74) is 2.04. The number of likely N-dealkylation sites (N-methyl/N-ethyl adjacent to an activating group) is 1. The molecule has 1 aromatic carbocycles. The first-order chi connectivity index (χ1) is 11.4. The predicted octanol–water partition coefficient (Wildman–Crippen LogP) is 3.77. The zero-order valence-electron chi connectivity index (χ0n) is 15.1. The lowest BCUT2D eigenvalue weighted by Crippen LogP contribution is -2.38. The Labute approximate surface area is 143 Å². The van der Waals surface area contributed by atoms with Crippen LogP contribution in [0.5, 0.6) is 0 Å². The fourth-order valence-electron chi connectivity index (χ4n) is 2.84. The predicted molar refractivity (Wildman–Crippen MR) is 94.6 cm³/mol. The average Bonchev–Trinajstić information content (AvgIpc) is 2.53. The van der Waals surface area contributed by atoms with E-state index in [1.54, 1.807) is 7.11 Å². The zero-order chi connectivity index (χ0) is 17.7. The number of anilines is 1. The molecule has 0 spiro atoms. The Morgan fingerprint density at radius 1 is 1.17 bits per heavy atom. The monoisotopic (exact) mass is 331 g/mol. The molecule has 2 aromatic rings. The van der Waals surface area contributed by atoms with Gasteiger partial charge in [0, 0.05) is 32.0 Å². The van der Waals surface area contributed by atoms with Gasteiger partial charge >= 0.3 is 0 Å². The van der Waals surface area contributed by atoms with Crippen LogP contribution in [0.1, 0.15) is 30.9 Å². The third kappa shape index (κ3) is 4.74. The number of aromatic nitrogens is 2. The van der Waals surface area contributed by atoms with E-state index in [0.717, 1.165) is 23.5 Å². The van der Waals surface area contributed by atoms with Crippen LogP contribution < -0.4 is 4.90 Å². The highest BCUT2D eigenvalue weighted by atomic mass is 19.1. The van der Waals surface area contributed by atoms with E-state index in [0.29, 0.717) is 18.3 Å². The fourth-order valence-corrected chi connectivity index (χ4v) is 2.84. The van der Waals surface area contributed by atoms with Crippen LogP contribution in [0.25, 0.3) is 0 Å². The minimum Gasteiger partial charge on any atom is -0.377 e. The lowest BCUT2D eigenvalue weighted by atomic mass is 9.95. The van der Waals surface area contributed by atoms with Gasteiger partial charge < -0.3 is 9.64 Å². The van der Waals surface area contributed by atoms with Crippen molar-refractivity contribution in [3.05, 3.63) is 53.2 Å². The number of benzene rings is 1. The molecule has 0 radical (unpaired) electrons. The van der Waals surface area contributed by atoms with Crippen molar-refractivity contribution < 1.29 is 9.13 Å². The van der Waals surface area contributed by atoms with Crippen LogP contribution in [0.3, 0.4) is 0 Å². The van der Waals surface area contributed by atoms with Gasteiger partial charge in [-0.05, 0) is 37.0 Å². The van der Waals surface area contributed by atoms with Crippen molar-refractivity contribution in [1.29, 1.82) is 0 Å². The molecule has 0 saturated carbocycles. The molecule has 5 heteroatoms. The Morgan fingerprint density at radius 2 is 1.83 bits per heavy atom. The highest BCUT2D eigenvalue weighted by molar-refractivity contribution is 5.41. The van der Waals surface area contributed by atoms with E-state index in [1.807, 2.05) is 32.2 Å². The van der Waals surface area contributed by atoms with Crippen LogP contribution >= 0.6 is 0 Å². The lowest BCUT2D eigenvalue weighted by Gasteiger charge is -2.32. The van der Waals surface area contributed by atoms with E-state index in [4.69, 9.17) is 4.74 Å². The number of methoxy groups -OCH3 is 1. The highest BCUT2D eigenvalue weighted by Crippen LogP contribution is 2.22. The van der Waals surface area contributed by atoms with Gasteiger partial charge in [0.1, 0.15) is 18.2 Å². The third-order valence-electron chi connectivity index (χ3n) is 4.15. The zero-order valence-corrected chi connectivity index (χ0v) is 15.1. The van der Waals surface area contributed by atoms with Crippen molar-refractivity contribution in [3.63, 3.8) is 0 Å². The number of ether oxygens (including phenoxy) is 1. The smallest absolute Gasteiger partial charge is 0.156 e. The third-order valence-corrected chi connectivity index (χ3v) is 4.15. The first kappa shape index (κ1) is 18.3. The minimum atomic E-state index is -0.205. The largest absolute Gasteiger partial charge is 0.377 e. The van der Waals surface area contributed by atoms with Gasteiger partial charge in [-0.15, -0.1) is 0 Å². The van der Waals surface area contributed by atoms with Crippen LogP contribution in [0.4, 0.5) is 10.2 Å². The maximum Gasteiger partial charge on any atom is 0.156 e. The number of nitrogens with zero attached hydrogens (tertiary/aromatic N) is 3. The van der Waals surface area contributed by atoms with Crippen molar-refractivity contribution in [2.24, 2.45) is 5.92 Å². The summed E-state index contributed by atoms with van der Waals surface area (Å²) in [5.74, 6) is 1.78. The second-order valence-corrected chi connectivity index (χ2v) is 6.47. The molecule has 0 unspecified atom stereocenters. The molecule has 0 N–H and O–H groups in total. The van der Waals surface area contributed by atoms with E-state index in [9.17, 15) is 4.39 Å². The molecule has 1 aromatic heterocycles. The van der Waals surface area contributed by atoms with Crippen molar-refractivity contribution in [2.45, 2.75) is 39.8 Å². The van der Waals surface area contributed by atoms with E-state index in [2.05, 4.69) is 28.7 Å². The molecule has 0 fully saturated rings. The normalized spacial score (nSPS) is 12.5. The summed E-state index contributed by atoms with van der Waals surface area (Å²) >= 11 is 0. The SMILES string of the molecule is COCc1nc(C)cc(N(C)[C@@H](Cc2ccc(F)cc2)C(C)C)n1. The van der Waals surface area contributed by atoms with Crippen molar-refractivity contribution in [1.82, 2.24) is 9.97 Å². The van der Waals surface area contributed by atoms with E-state index < -0.39 is 0 Å². The Hall–Kier alpha value is -2.01. The molecule has 0 amide bonds. The maximum atomic E-state index is 13.1. The number of hydrogen-bond acceptors (Lipinski definition) is 4. The summed E-state index contributed by atoms with van der Waals surface area (Å²) in [4.78, 5) is 11.2. The average molecular weight is 331 g/mol. The Morgan fingerprint density at radius 3 is 2.42 bits per heavy atom. The number of aryl methyl sites for hydroxylation is 1. The van der Waals surface area contributed by atoms with Gasteiger partial charge in [-0.3, -0.25) is 0 Å². The van der Waals surface area contributed by atoms with Gasteiger partial charge in [0.05, 0.1) is 0 Å². The topological polar surface area (TPSA) is 38.2 Å². The van der Waals surface area contributed by atoms with Crippen LogP contribution in [0.2, 0.25) is 0 Å². The Bertz CT molecular complexity index is 658. The second kappa shape index (κ2) is 8.20. The van der Waals surface area contributed by atoms with Gasteiger partial charge in [0.25, 0.3) is 0 Å². The summed E-state index contributed by atoms with van der Waals surface area (Å²) in [6, 6.07) is 8.95. The minimum absolute atomic E-state index is 0.205. The van der Waals surface area contributed by atoms with Gasteiger partial charge in [-0.1, -0.05) is 26.0 Å². The first-order valence-corrected chi connectivity index (χ1v) is 8.21. The molecule has 4 nitrogen and oxygen atoms in total. The molecule has 1 atom stereocenters.